The largest absolute Gasteiger partial charge is 0.493 e. The summed E-state index contributed by atoms with van der Waals surface area (Å²) in [6.07, 6.45) is 12.0. The second-order valence-electron chi connectivity index (χ2n) is 11.0. The summed E-state index contributed by atoms with van der Waals surface area (Å²) in [5.41, 5.74) is 0.714. The van der Waals surface area contributed by atoms with Crippen molar-refractivity contribution in [2.45, 2.75) is 46.1 Å². The van der Waals surface area contributed by atoms with Gasteiger partial charge in [-0.2, -0.15) is 8.81 Å². The van der Waals surface area contributed by atoms with Crippen LogP contribution in [-0.2, 0) is 26.6 Å². The van der Waals surface area contributed by atoms with Crippen molar-refractivity contribution in [3.63, 3.8) is 0 Å². The van der Waals surface area contributed by atoms with E-state index in [-0.39, 0.29) is 16.1 Å². The second kappa shape index (κ2) is 12.9. The van der Waals surface area contributed by atoms with Gasteiger partial charge in [0.25, 0.3) is 0 Å². The maximum absolute atomic E-state index is 14.6. The highest BCUT2D eigenvalue weighted by atomic mass is 32.3. The van der Waals surface area contributed by atoms with Crippen molar-refractivity contribution in [1.82, 2.24) is 19.7 Å². The number of aromatic nitrogens is 4. The van der Waals surface area contributed by atoms with Crippen LogP contribution in [0.25, 0.3) is 11.1 Å². The average molecular weight is 627 g/mol. The molecule has 1 aromatic carbocycles. The zero-order valence-electron chi connectivity index (χ0n) is 24.1. The summed E-state index contributed by atoms with van der Waals surface area (Å²) in [6, 6.07) is 1.56. The first-order valence-electron chi connectivity index (χ1n) is 13.6. The molecule has 0 N–H and O–H groups in total. The molecule has 0 aliphatic carbocycles. The average Bonchev–Trinajstić information content (AvgIpc) is 3.35. The predicted molar refractivity (Wildman–Crippen MR) is 156 cm³/mol. The molecule has 0 saturated carbocycles. The van der Waals surface area contributed by atoms with Crippen molar-refractivity contribution in [2.24, 2.45) is 11.8 Å². The highest BCUT2D eigenvalue weighted by molar-refractivity contribution is 8.09. The molecule has 1 fully saturated rings. The first-order chi connectivity index (χ1) is 19.7. The molecule has 2 aromatic heterocycles. The minimum Gasteiger partial charge on any atom is -0.493 e. The first-order valence-corrected chi connectivity index (χ1v) is 17.3. The molecule has 4 rings (SSSR count). The third-order valence-corrected chi connectivity index (χ3v) is 10.0. The minimum absolute atomic E-state index is 0.154. The van der Waals surface area contributed by atoms with Crippen LogP contribution in [0.4, 0.5) is 20.4 Å². The van der Waals surface area contributed by atoms with Gasteiger partial charge < -0.3 is 9.64 Å². The van der Waals surface area contributed by atoms with Gasteiger partial charge in [0, 0.05) is 61.5 Å². The van der Waals surface area contributed by atoms with E-state index in [4.69, 9.17) is 4.74 Å². The quantitative estimate of drug-likeness (QED) is 0.273. The molecular formula is C27H36F2N6O5S2. The summed E-state index contributed by atoms with van der Waals surface area (Å²) in [6.45, 7) is 6.96. The SMILES string of the molecule is CC(C)Cn1cc(-c2cnc(N3CCC(CCCOc4cc(F)c(N(S(C)(=O)=O)S(C)(=O)=O)c(F)c4)CC3)nc2)cn1. The lowest BCUT2D eigenvalue weighted by molar-refractivity contribution is 0.277. The maximum atomic E-state index is 14.6. The summed E-state index contributed by atoms with van der Waals surface area (Å²) < 4.78 is 84.0. The molecule has 0 radical (unpaired) electrons. The van der Waals surface area contributed by atoms with Crippen LogP contribution in [0.2, 0.25) is 0 Å². The number of ether oxygens (including phenoxy) is 1. The van der Waals surface area contributed by atoms with Crippen molar-refractivity contribution in [3.8, 4) is 16.9 Å². The lowest BCUT2D eigenvalue weighted by Crippen LogP contribution is -2.36. The van der Waals surface area contributed by atoms with Crippen molar-refractivity contribution in [2.75, 3.05) is 40.8 Å². The second-order valence-corrected chi connectivity index (χ2v) is 14.9. The lowest BCUT2D eigenvalue weighted by Gasteiger charge is -2.32. The number of piperidine rings is 1. The molecule has 3 heterocycles. The Morgan fingerprint density at radius 1 is 0.976 bits per heavy atom. The van der Waals surface area contributed by atoms with E-state index in [0.717, 1.165) is 62.2 Å². The molecule has 11 nitrogen and oxygen atoms in total. The van der Waals surface area contributed by atoms with Gasteiger partial charge in [0.2, 0.25) is 26.0 Å². The molecule has 230 valence electrons. The number of anilines is 2. The van der Waals surface area contributed by atoms with Crippen LogP contribution in [0.3, 0.4) is 0 Å². The Balaban J connectivity index is 1.24. The third kappa shape index (κ3) is 7.94. The van der Waals surface area contributed by atoms with Crippen molar-refractivity contribution in [3.05, 3.63) is 48.6 Å². The van der Waals surface area contributed by atoms with Crippen LogP contribution in [0.15, 0.2) is 36.9 Å². The van der Waals surface area contributed by atoms with Crippen molar-refractivity contribution in [1.29, 1.82) is 0 Å². The summed E-state index contributed by atoms with van der Waals surface area (Å²) in [5, 5.41) is 4.40. The van der Waals surface area contributed by atoms with E-state index in [1.54, 1.807) is 0 Å². The van der Waals surface area contributed by atoms with Gasteiger partial charge in [0.1, 0.15) is 11.4 Å². The molecule has 1 aliphatic rings. The van der Waals surface area contributed by atoms with Crippen LogP contribution in [0.1, 0.15) is 39.5 Å². The van der Waals surface area contributed by atoms with Crippen molar-refractivity contribution < 1.29 is 30.4 Å². The standard InChI is InChI=1S/C27H36F2N6O5S2/c1-19(2)17-34-18-22(16-32-34)21-14-30-27(31-15-21)33-9-7-20(8-10-33)6-5-11-40-23-12-24(28)26(25(29)13-23)35(41(3,36)37)42(4,38)39/h12-16,18-20H,5-11,17H2,1-4H3. The van der Waals surface area contributed by atoms with Gasteiger partial charge in [-0.1, -0.05) is 13.8 Å². The van der Waals surface area contributed by atoms with Gasteiger partial charge in [-0.3, -0.25) is 4.68 Å². The molecule has 1 saturated heterocycles. The Morgan fingerprint density at radius 3 is 2.12 bits per heavy atom. The van der Waals surface area contributed by atoms with Crippen LogP contribution in [0, 0.1) is 23.5 Å². The minimum atomic E-state index is -4.49. The molecule has 0 bridgehead atoms. The van der Waals surface area contributed by atoms with Gasteiger partial charge in [0.05, 0.1) is 25.3 Å². The highest BCUT2D eigenvalue weighted by Gasteiger charge is 2.33. The Labute approximate surface area is 245 Å². The Morgan fingerprint density at radius 2 is 1.57 bits per heavy atom. The Hall–Kier alpha value is -3.33. The van der Waals surface area contributed by atoms with Crippen LogP contribution < -0.4 is 13.3 Å². The van der Waals surface area contributed by atoms with E-state index >= 15 is 0 Å². The number of hydrogen-bond donors (Lipinski definition) is 0. The van der Waals surface area contributed by atoms with E-state index in [1.807, 2.05) is 29.5 Å². The van der Waals surface area contributed by atoms with Gasteiger partial charge in [-0.25, -0.2) is 35.6 Å². The number of rotatable bonds is 12. The smallest absolute Gasteiger partial charge is 0.245 e. The van der Waals surface area contributed by atoms with Gasteiger partial charge in [-0.05, 0) is 37.5 Å². The fourth-order valence-corrected chi connectivity index (χ4v) is 7.96. The zero-order chi connectivity index (χ0) is 30.7. The number of halogens is 2. The molecule has 3 aromatic rings. The molecule has 42 heavy (non-hydrogen) atoms. The summed E-state index contributed by atoms with van der Waals surface area (Å²) in [7, 11) is -8.99. The molecule has 15 heteroatoms. The van der Waals surface area contributed by atoms with Crippen molar-refractivity contribution >= 4 is 31.7 Å². The lowest BCUT2D eigenvalue weighted by atomic mass is 9.92. The first kappa shape index (κ1) is 31.6. The molecular weight excluding hydrogens is 590 g/mol. The number of benzene rings is 1. The summed E-state index contributed by atoms with van der Waals surface area (Å²) in [4.78, 5) is 11.3. The topological polar surface area (TPSA) is 128 Å². The molecule has 0 unspecified atom stereocenters. The normalized spacial score (nSPS) is 14.9. The Bertz CT molecular complexity index is 1530. The highest BCUT2D eigenvalue weighted by Crippen LogP contribution is 2.32. The fourth-order valence-electron chi connectivity index (χ4n) is 4.98. The van der Waals surface area contributed by atoms with E-state index in [0.29, 0.717) is 36.7 Å². The van der Waals surface area contributed by atoms with Gasteiger partial charge in [0.15, 0.2) is 11.6 Å². The van der Waals surface area contributed by atoms with E-state index in [2.05, 4.69) is 33.8 Å². The summed E-state index contributed by atoms with van der Waals surface area (Å²) >= 11 is 0. The molecule has 0 spiro atoms. The van der Waals surface area contributed by atoms with Crippen LogP contribution in [-0.4, -0.2) is 68.8 Å². The van der Waals surface area contributed by atoms with Crippen LogP contribution >= 0.6 is 0 Å². The summed E-state index contributed by atoms with van der Waals surface area (Å²) in [5.74, 6) is -1.23. The Kier molecular flexibility index (Phi) is 9.70. The van der Waals surface area contributed by atoms with Crippen LogP contribution in [0.5, 0.6) is 5.75 Å². The molecule has 0 atom stereocenters. The monoisotopic (exact) mass is 626 g/mol. The number of nitrogens with zero attached hydrogens (tertiary/aromatic N) is 6. The molecule has 1 aliphatic heterocycles. The van der Waals surface area contributed by atoms with E-state index in [9.17, 15) is 25.6 Å². The number of hydrogen-bond acceptors (Lipinski definition) is 9. The predicted octanol–water partition coefficient (Wildman–Crippen LogP) is 4.08. The molecule has 0 amide bonds. The van der Waals surface area contributed by atoms with Gasteiger partial charge >= 0.3 is 0 Å². The number of sulfonamides is 2. The fraction of sp³-hybridized carbons (Fsp3) is 0.519. The van der Waals surface area contributed by atoms with Gasteiger partial charge in [-0.15, -0.1) is 0 Å². The van der Waals surface area contributed by atoms with E-state index in [1.165, 1.54) is 0 Å². The zero-order valence-corrected chi connectivity index (χ0v) is 25.7. The third-order valence-electron chi connectivity index (χ3n) is 6.86. The maximum Gasteiger partial charge on any atom is 0.245 e. The van der Waals surface area contributed by atoms with E-state index < -0.39 is 37.4 Å².